The predicted molar refractivity (Wildman–Crippen MR) is 99.1 cm³/mol. The first-order valence-electron chi connectivity index (χ1n) is 8.38. The minimum absolute atomic E-state index is 0.113. The van der Waals surface area contributed by atoms with Crippen LogP contribution in [-0.4, -0.2) is 38.3 Å². The quantitative estimate of drug-likeness (QED) is 0.229. The van der Waals surface area contributed by atoms with Crippen molar-refractivity contribution in [1.82, 2.24) is 0 Å². The average molecular weight is 472 g/mol. The lowest BCUT2D eigenvalue weighted by Crippen LogP contribution is -2.34. The highest BCUT2D eigenvalue weighted by molar-refractivity contribution is 14.1. The van der Waals surface area contributed by atoms with Crippen molar-refractivity contribution in [2.45, 2.75) is 67.8 Å². The molecule has 0 aromatic heterocycles. The summed E-state index contributed by atoms with van der Waals surface area (Å²) in [5.74, 6) is -1.92. The van der Waals surface area contributed by atoms with Gasteiger partial charge in [0.25, 0.3) is 5.78 Å². The van der Waals surface area contributed by atoms with E-state index in [0.717, 1.165) is 31.7 Å². The molecule has 0 spiro atoms. The van der Waals surface area contributed by atoms with Crippen molar-refractivity contribution in [3.63, 3.8) is 0 Å². The van der Waals surface area contributed by atoms with Crippen LogP contribution in [0.4, 0.5) is 13.2 Å². The molecule has 3 unspecified atom stereocenters. The predicted octanol–water partition coefficient (Wildman–Crippen LogP) is 4.47. The molecule has 25 heavy (non-hydrogen) atoms. The van der Waals surface area contributed by atoms with E-state index in [9.17, 15) is 28.2 Å². The van der Waals surface area contributed by atoms with Crippen molar-refractivity contribution in [2.75, 3.05) is 0 Å². The molecule has 0 radical (unpaired) electrons. The number of carbonyl (C=O) groups is 1. The summed E-state index contributed by atoms with van der Waals surface area (Å²) >= 11 is 1.92. The fourth-order valence-corrected chi connectivity index (χ4v) is 3.22. The van der Waals surface area contributed by atoms with Crippen LogP contribution in [0.1, 0.15) is 54.9 Å². The van der Waals surface area contributed by atoms with Gasteiger partial charge in [-0.25, -0.2) is 0 Å². The molecule has 1 rings (SSSR count). The summed E-state index contributed by atoms with van der Waals surface area (Å²) < 4.78 is 37.5. The molecule has 1 aromatic carbocycles. The molecule has 0 saturated carbocycles. The first-order valence-corrected chi connectivity index (χ1v) is 9.62. The van der Waals surface area contributed by atoms with Crippen LogP contribution in [0.2, 0.25) is 0 Å². The summed E-state index contributed by atoms with van der Waals surface area (Å²) in [5.41, 5.74) is -0.313. The van der Waals surface area contributed by atoms with Crippen molar-refractivity contribution < 1.29 is 28.2 Å². The fourth-order valence-electron chi connectivity index (χ4n) is 2.61. The number of rotatable bonds is 10. The number of alkyl halides is 4. The number of Topliss-reactive ketones (excluding diaryl/α,β-unsaturated/α-hetero) is 1. The molecular weight excluding hydrogens is 448 g/mol. The number of carbonyl (C=O) groups excluding carboxylic acids is 1. The Balaban J connectivity index is 2.73. The van der Waals surface area contributed by atoms with E-state index in [2.05, 4.69) is 6.92 Å². The van der Waals surface area contributed by atoms with Gasteiger partial charge in [0, 0.05) is 12.0 Å². The second kappa shape index (κ2) is 10.5. The minimum Gasteiger partial charge on any atom is -0.392 e. The summed E-state index contributed by atoms with van der Waals surface area (Å²) in [6, 6.07) is 5.40. The van der Waals surface area contributed by atoms with Crippen LogP contribution >= 0.6 is 22.6 Å². The SMILES string of the molecule is CCCCCCC(O)C(I)C(O)Cc1ccccc1C(=O)C(F)(F)F. The first-order chi connectivity index (χ1) is 11.7. The third-order valence-corrected chi connectivity index (χ3v) is 5.70. The second-order valence-corrected chi connectivity index (χ2v) is 7.55. The van der Waals surface area contributed by atoms with Gasteiger partial charge in [0.1, 0.15) is 0 Å². The maximum atomic E-state index is 12.7. The Bertz CT molecular complexity index is 549. The highest BCUT2D eigenvalue weighted by Crippen LogP contribution is 2.26. The molecule has 1 aromatic rings. The smallest absolute Gasteiger partial charge is 0.392 e. The first kappa shape index (κ1) is 22.4. The largest absolute Gasteiger partial charge is 0.454 e. The summed E-state index contributed by atoms with van der Waals surface area (Å²) in [7, 11) is 0. The van der Waals surface area contributed by atoms with Crippen molar-refractivity contribution in [3.8, 4) is 0 Å². The van der Waals surface area contributed by atoms with E-state index in [4.69, 9.17) is 0 Å². The highest BCUT2D eigenvalue weighted by Gasteiger charge is 2.40. The topological polar surface area (TPSA) is 57.5 Å². The number of aliphatic hydroxyl groups is 2. The van der Waals surface area contributed by atoms with Crippen LogP contribution < -0.4 is 0 Å². The third kappa shape index (κ3) is 7.22. The zero-order valence-electron chi connectivity index (χ0n) is 14.1. The van der Waals surface area contributed by atoms with Gasteiger partial charge in [-0.15, -0.1) is 0 Å². The molecule has 0 aliphatic carbocycles. The molecular formula is C18H24F3IO3. The number of unbranched alkanes of at least 4 members (excludes halogenated alkanes) is 3. The van der Waals surface area contributed by atoms with Crippen LogP contribution in [0, 0.1) is 0 Å². The van der Waals surface area contributed by atoms with Crippen molar-refractivity contribution in [2.24, 2.45) is 0 Å². The minimum atomic E-state index is -4.95. The Morgan fingerprint density at radius 1 is 1.12 bits per heavy atom. The summed E-state index contributed by atoms with van der Waals surface area (Å²) in [5, 5.41) is 20.5. The Hall–Kier alpha value is -0.670. The van der Waals surface area contributed by atoms with Gasteiger partial charge < -0.3 is 10.2 Å². The molecule has 0 aliphatic heterocycles. The molecule has 3 nitrogen and oxygen atoms in total. The maximum Gasteiger partial charge on any atom is 0.454 e. The number of benzene rings is 1. The standard InChI is InChI=1S/C18H24F3IO3/c1-2-3-4-5-10-14(23)16(22)15(24)11-12-8-6-7-9-13(12)17(25)18(19,20)21/h6-9,14-16,23-24H,2-5,10-11H2,1H3. The summed E-state index contributed by atoms with van der Waals surface area (Å²) in [6.45, 7) is 2.08. The maximum absolute atomic E-state index is 12.7. The van der Waals surface area contributed by atoms with Crippen molar-refractivity contribution in [3.05, 3.63) is 35.4 Å². The van der Waals surface area contributed by atoms with Crippen LogP contribution in [0.3, 0.4) is 0 Å². The van der Waals surface area contributed by atoms with Crippen LogP contribution in [0.5, 0.6) is 0 Å². The molecule has 142 valence electrons. The van der Waals surface area contributed by atoms with E-state index in [1.807, 2.05) is 22.6 Å². The van der Waals surface area contributed by atoms with Gasteiger partial charge >= 0.3 is 6.18 Å². The molecule has 0 saturated heterocycles. The molecule has 0 heterocycles. The monoisotopic (exact) mass is 472 g/mol. The number of hydrogen-bond acceptors (Lipinski definition) is 3. The number of aliphatic hydroxyl groups excluding tert-OH is 2. The molecule has 0 fully saturated rings. The molecule has 7 heteroatoms. The second-order valence-electron chi connectivity index (χ2n) is 6.12. The van der Waals surface area contributed by atoms with Crippen LogP contribution in [0.15, 0.2) is 24.3 Å². The van der Waals surface area contributed by atoms with Gasteiger partial charge in [-0.3, -0.25) is 4.79 Å². The summed E-state index contributed by atoms with van der Waals surface area (Å²) in [6.07, 6.45) is -2.32. The van der Waals surface area contributed by atoms with E-state index in [1.54, 1.807) is 0 Å². The number of ketones is 1. The zero-order chi connectivity index (χ0) is 19.0. The average Bonchev–Trinajstić information content (AvgIpc) is 2.56. The van der Waals surface area contributed by atoms with E-state index in [1.165, 1.54) is 18.2 Å². The Labute approximate surface area is 159 Å². The van der Waals surface area contributed by atoms with E-state index < -0.39 is 33.7 Å². The van der Waals surface area contributed by atoms with Crippen molar-refractivity contribution in [1.29, 1.82) is 0 Å². The Morgan fingerprint density at radius 2 is 1.76 bits per heavy atom. The van der Waals surface area contributed by atoms with E-state index in [0.29, 0.717) is 6.42 Å². The van der Waals surface area contributed by atoms with Crippen molar-refractivity contribution >= 4 is 28.4 Å². The number of halogens is 4. The lowest BCUT2D eigenvalue weighted by atomic mass is 9.95. The van der Waals surface area contributed by atoms with Gasteiger partial charge in [0.15, 0.2) is 0 Å². The van der Waals surface area contributed by atoms with Gasteiger partial charge in [-0.1, -0.05) is 79.5 Å². The third-order valence-electron chi connectivity index (χ3n) is 4.04. The normalized spacial score (nSPS) is 15.6. The van der Waals surface area contributed by atoms with Gasteiger partial charge in [-0.2, -0.15) is 13.2 Å². The van der Waals surface area contributed by atoms with Gasteiger partial charge in [0.05, 0.1) is 16.1 Å². The zero-order valence-corrected chi connectivity index (χ0v) is 16.3. The fraction of sp³-hybridized carbons (Fsp3) is 0.611. The van der Waals surface area contributed by atoms with E-state index >= 15 is 0 Å². The molecule has 0 aliphatic rings. The summed E-state index contributed by atoms with van der Waals surface area (Å²) in [4.78, 5) is 11.5. The van der Waals surface area contributed by atoms with Gasteiger partial charge in [0.2, 0.25) is 0 Å². The molecule has 3 atom stereocenters. The molecule has 0 amide bonds. The molecule has 2 N–H and O–H groups in total. The van der Waals surface area contributed by atoms with Crippen LogP contribution in [-0.2, 0) is 6.42 Å². The van der Waals surface area contributed by atoms with E-state index in [-0.39, 0.29) is 12.0 Å². The number of hydrogen-bond donors (Lipinski definition) is 2. The Morgan fingerprint density at radius 3 is 2.36 bits per heavy atom. The molecule has 0 bridgehead atoms. The highest BCUT2D eigenvalue weighted by atomic mass is 127. The lowest BCUT2D eigenvalue weighted by Gasteiger charge is -2.23. The Kier molecular flexibility index (Phi) is 9.37. The van der Waals surface area contributed by atoms with Crippen LogP contribution in [0.25, 0.3) is 0 Å². The van der Waals surface area contributed by atoms with Gasteiger partial charge in [-0.05, 0) is 12.0 Å². The lowest BCUT2D eigenvalue weighted by molar-refractivity contribution is -0.0886.